The first-order valence-electron chi connectivity index (χ1n) is 26.2. The van der Waals surface area contributed by atoms with Crippen LogP contribution in [-0.4, -0.2) is 90.9 Å². The molecule has 0 spiro atoms. The highest BCUT2D eigenvalue weighted by molar-refractivity contribution is 6.37. The summed E-state index contributed by atoms with van der Waals surface area (Å²) in [6, 6.07) is 32.1. The zero-order valence-corrected chi connectivity index (χ0v) is 46.6. The molecule has 11 aromatic rings. The van der Waals surface area contributed by atoms with E-state index in [0.717, 1.165) is 53.3 Å². The predicted octanol–water partition coefficient (Wildman–Crippen LogP) is 10.5. The molecule has 22 heteroatoms. The minimum atomic E-state index is -4.67. The lowest BCUT2D eigenvalue weighted by molar-refractivity contribution is -0.141. The fourth-order valence-corrected chi connectivity index (χ4v) is 11.1. The van der Waals surface area contributed by atoms with E-state index in [4.69, 9.17) is 43.0 Å². The molecule has 0 amide bonds. The Bertz CT molecular complexity index is 4230. The molecule has 4 aromatic carbocycles. The van der Waals surface area contributed by atoms with Crippen molar-refractivity contribution in [3.63, 3.8) is 0 Å². The van der Waals surface area contributed by atoms with Crippen LogP contribution in [0.25, 0.3) is 27.5 Å². The van der Waals surface area contributed by atoms with E-state index in [9.17, 15) is 23.4 Å². The normalized spacial score (nSPS) is 14.1. The first kappa shape index (κ1) is 54.5. The third-order valence-corrected chi connectivity index (χ3v) is 15.7. The summed E-state index contributed by atoms with van der Waals surface area (Å²) in [5.41, 5.74) is 3.52. The number of aryl methyl sites for hydroxylation is 2. The number of hydrogen-bond donors (Lipinski definition) is 2. The summed E-state index contributed by atoms with van der Waals surface area (Å²) in [4.78, 5) is 33.0. The van der Waals surface area contributed by atoms with Gasteiger partial charge in [-0.05, 0) is 89.0 Å². The average molecular weight is 1160 g/mol. The summed E-state index contributed by atoms with van der Waals surface area (Å²) < 4.78 is 52.4. The van der Waals surface area contributed by atoms with Crippen molar-refractivity contribution >= 4 is 62.7 Å². The predicted molar refractivity (Wildman–Crippen MR) is 310 cm³/mol. The third kappa shape index (κ3) is 10.2. The zero-order valence-electron chi connectivity index (χ0n) is 45.1. The van der Waals surface area contributed by atoms with Crippen LogP contribution in [0.15, 0.2) is 164 Å². The minimum Gasteiger partial charge on any atom is -0.471 e. The molecular weight excluding hydrogens is 1100 g/mol. The molecule has 0 aliphatic carbocycles. The Balaban J connectivity index is 0.823. The van der Waals surface area contributed by atoms with Gasteiger partial charge in [0.15, 0.2) is 17.0 Å². The maximum Gasteiger partial charge on any atom is 0.433 e. The van der Waals surface area contributed by atoms with Crippen molar-refractivity contribution in [1.82, 2.24) is 53.8 Å². The molecule has 2 unspecified atom stereocenters. The molecule has 0 saturated heterocycles. The third-order valence-electron chi connectivity index (χ3n) is 14.9. The molecule has 2 N–H and O–H groups in total. The molecule has 418 valence electrons. The fraction of sp³-hybridized carbons (Fsp3) is 0.197. The van der Waals surface area contributed by atoms with Gasteiger partial charge in [0.1, 0.15) is 23.8 Å². The zero-order chi connectivity index (χ0) is 57.8. The summed E-state index contributed by atoms with van der Waals surface area (Å²) in [5, 5.41) is 38.5. The SMILES string of the molecule is CN(C)c1nc2ccc(C(O)(c3ccc(C(F)(F)F)nc3)c3cncn3C)cc2c(Cl)c1Cc1ccc(-n2ccc(COc3nc4ccc(C(O)(c5ncccn5)c5cncn5C)cc4c(Cl)c3Cc3ccc(N4CCC=N4)cc3)n2)cc1. The number of alkyl halides is 3. The molecule has 0 radical (unpaired) electrons. The number of hydrazone groups is 1. The van der Waals surface area contributed by atoms with Crippen molar-refractivity contribution in [3.8, 4) is 11.6 Å². The largest absolute Gasteiger partial charge is 0.471 e. The quantitative estimate of drug-likeness (QED) is 0.0932. The van der Waals surface area contributed by atoms with Crippen LogP contribution in [0.1, 0.15) is 74.0 Å². The van der Waals surface area contributed by atoms with E-state index in [-0.39, 0.29) is 18.0 Å². The lowest BCUT2D eigenvalue weighted by atomic mass is 9.83. The van der Waals surface area contributed by atoms with Crippen molar-refractivity contribution in [2.24, 2.45) is 19.2 Å². The maximum atomic E-state index is 13.6. The minimum absolute atomic E-state index is 0.0612. The van der Waals surface area contributed by atoms with Crippen molar-refractivity contribution < 1.29 is 28.1 Å². The van der Waals surface area contributed by atoms with Crippen LogP contribution < -0.4 is 14.6 Å². The molecule has 8 heterocycles. The van der Waals surface area contributed by atoms with Gasteiger partial charge in [-0.1, -0.05) is 65.7 Å². The molecule has 2 atom stereocenters. The Kier molecular flexibility index (Phi) is 14.2. The second-order valence-electron chi connectivity index (χ2n) is 20.4. The summed E-state index contributed by atoms with van der Waals surface area (Å²) >= 11 is 14.8. The van der Waals surface area contributed by atoms with Crippen LogP contribution in [0.5, 0.6) is 5.88 Å². The molecule has 0 fully saturated rings. The molecule has 0 bridgehead atoms. The van der Waals surface area contributed by atoms with Gasteiger partial charge in [0.05, 0.1) is 68.9 Å². The van der Waals surface area contributed by atoms with E-state index in [0.29, 0.717) is 90.2 Å². The Morgan fingerprint density at radius 1 is 0.663 bits per heavy atom. The molecule has 1 aliphatic rings. The number of nitrogens with zero attached hydrogens (tertiary/aromatic N) is 14. The molecule has 17 nitrogen and oxygen atoms in total. The van der Waals surface area contributed by atoms with Crippen LogP contribution in [-0.2, 0) is 50.9 Å². The second-order valence-corrected chi connectivity index (χ2v) is 21.2. The van der Waals surface area contributed by atoms with Crippen LogP contribution in [0.2, 0.25) is 10.0 Å². The van der Waals surface area contributed by atoms with Crippen molar-refractivity contribution in [3.05, 3.63) is 237 Å². The number of anilines is 2. The maximum absolute atomic E-state index is 13.6. The van der Waals surface area contributed by atoms with E-state index in [1.165, 1.54) is 18.6 Å². The monoisotopic (exact) mass is 1150 g/mol. The molecule has 7 aromatic heterocycles. The van der Waals surface area contributed by atoms with Gasteiger partial charge in [-0.2, -0.15) is 23.4 Å². The lowest BCUT2D eigenvalue weighted by Crippen LogP contribution is -2.33. The highest BCUT2D eigenvalue weighted by Gasteiger charge is 2.41. The summed E-state index contributed by atoms with van der Waals surface area (Å²) in [7, 11) is 7.24. The molecule has 0 saturated carbocycles. The van der Waals surface area contributed by atoms with E-state index >= 15 is 0 Å². The summed E-state index contributed by atoms with van der Waals surface area (Å²) in [5.74, 6) is 1.13. The van der Waals surface area contributed by atoms with Gasteiger partial charge < -0.3 is 29.0 Å². The van der Waals surface area contributed by atoms with E-state index in [1.807, 2.05) is 97.1 Å². The number of fused-ring (bicyclic) bond motifs is 2. The number of pyridine rings is 3. The van der Waals surface area contributed by atoms with E-state index in [2.05, 4.69) is 30.0 Å². The molecule has 83 heavy (non-hydrogen) atoms. The average Bonchev–Trinajstić information content (AvgIpc) is 3.63. The first-order chi connectivity index (χ1) is 40.0. The van der Waals surface area contributed by atoms with Crippen LogP contribution in [0, 0.1) is 0 Å². The number of imidazole rings is 2. The van der Waals surface area contributed by atoms with Gasteiger partial charge in [-0.15, -0.1) is 0 Å². The van der Waals surface area contributed by atoms with Crippen molar-refractivity contribution in [1.29, 1.82) is 0 Å². The van der Waals surface area contributed by atoms with Crippen LogP contribution in [0.3, 0.4) is 0 Å². The Morgan fingerprint density at radius 2 is 1.25 bits per heavy atom. The number of aromatic nitrogens is 11. The molecule has 1 aliphatic heterocycles. The number of ether oxygens (including phenoxy) is 1. The highest BCUT2D eigenvalue weighted by atomic mass is 35.5. The van der Waals surface area contributed by atoms with Crippen molar-refractivity contribution in [2.75, 3.05) is 30.5 Å². The lowest BCUT2D eigenvalue weighted by Gasteiger charge is -2.30. The van der Waals surface area contributed by atoms with Gasteiger partial charge in [0.25, 0.3) is 0 Å². The number of halogens is 5. The number of hydrogen-bond acceptors (Lipinski definition) is 14. The van der Waals surface area contributed by atoms with Crippen LogP contribution in [0.4, 0.5) is 24.7 Å². The summed E-state index contributed by atoms with van der Waals surface area (Å²) in [6.45, 7) is 0.871. The molecule has 12 rings (SSSR count). The first-order valence-corrected chi connectivity index (χ1v) is 27.0. The van der Waals surface area contributed by atoms with Gasteiger partial charge in [-0.25, -0.2) is 34.6 Å². The second kappa shape index (κ2) is 21.7. The Hall–Kier alpha value is -9.08. The smallest absolute Gasteiger partial charge is 0.433 e. The number of benzene rings is 4. The highest BCUT2D eigenvalue weighted by Crippen LogP contribution is 2.43. The van der Waals surface area contributed by atoms with Gasteiger partial charge >= 0.3 is 6.18 Å². The number of rotatable bonds is 16. The van der Waals surface area contributed by atoms with E-state index < -0.39 is 23.1 Å². The summed E-state index contributed by atoms with van der Waals surface area (Å²) in [6.07, 6.45) is 11.1. The van der Waals surface area contributed by atoms with Gasteiger partial charge in [0.2, 0.25) is 5.88 Å². The van der Waals surface area contributed by atoms with E-state index in [1.54, 1.807) is 89.2 Å². The number of aliphatic hydroxyl groups is 2. The van der Waals surface area contributed by atoms with Crippen LogP contribution >= 0.6 is 23.2 Å². The topological polar surface area (TPSA) is 186 Å². The Morgan fingerprint density at radius 3 is 1.83 bits per heavy atom. The Labute approximate surface area is 483 Å². The standard InChI is InChI=1S/C61H51Cl2F3N14O3/c1-76(2)56-47(54(62)45-29-39(11-18-49(45)73-56)59(81,52-32-67-35-77(52)3)41-13-20-51(71-31-41)61(64,65)66)27-37-9-16-44(17-10-37)80-26-21-42(75-80)34-83-57-48(28-38-7-14-43(15-8-38)79-25-6-24-72-79)55(63)46-30-40(12-19-50(46)74-57)60(82,53-33-68-36-78(53)4)58-69-22-5-23-70-58/h5,7-24,26,29-33,35-36,81-82H,6,25,27-28,34H2,1-4H3. The molecular formula is C61H51Cl2F3N14O3. The fourth-order valence-electron chi connectivity index (χ4n) is 10.5. The van der Waals surface area contributed by atoms with Gasteiger partial charge in [-0.3, -0.25) is 9.99 Å². The van der Waals surface area contributed by atoms with Crippen molar-refractivity contribution in [2.45, 2.75) is 43.2 Å². The van der Waals surface area contributed by atoms with Gasteiger partial charge in [0, 0.05) is 112 Å².